The Morgan fingerprint density at radius 2 is 2.07 bits per heavy atom. The standard InChI is InChI=1S/C22H22Cl2N2O2/c1-2-8-25-22(28)12-6-7-19-16(9-12)14-4-3-5-15(14)20(26-19)17-10-13(23)11-18(24)21(17)27/h3-4,6-7,9-11,14-15,20,26-27H,2,5,8H2,1H3,(H,25,28). The molecular weight excluding hydrogens is 395 g/mol. The zero-order valence-electron chi connectivity index (χ0n) is 15.5. The van der Waals surface area contributed by atoms with Gasteiger partial charge in [0.1, 0.15) is 5.75 Å². The van der Waals surface area contributed by atoms with Crippen LogP contribution in [-0.4, -0.2) is 17.6 Å². The van der Waals surface area contributed by atoms with E-state index in [4.69, 9.17) is 23.2 Å². The van der Waals surface area contributed by atoms with Gasteiger partial charge in [0.05, 0.1) is 11.1 Å². The molecule has 1 amide bonds. The van der Waals surface area contributed by atoms with E-state index in [0.717, 1.165) is 24.1 Å². The fourth-order valence-corrected chi connectivity index (χ4v) is 4.72. The Morgan fingerprint density at radius 1 is 1.25 bits per heavy atom. The third-order valence-electron chi connectivity index (χ3n) is 5.55. The van der Waals surface area contributed by atoms with Gasteiger partial charge in [0.15, 0.2) is 0 Å². The number of anilines is 1. The molecule has 4 nitrogen and oxygen atoms in total. The summed E-state index contributed by atoms with van der Waals surface area (Å²) in [4.78, 5) is 12.4. The molecule has 1 heterocycles. The number of allylic oxidation sites excluding steroid dienone is 2. The summed E-state index contributed by atoms with van der Waals surface area (Å²) in [5, 5.41) is 17.8. The van der Waals surface area contributed by atoms with Gasteiger partial charge in [0, 0.05) is 34.3 Å². The number of phenolic OH excluding ortho intramolecular Hbond substituents is 1. The van der Waals surface area contributed by atoms with Crippen LogP contribution in [0.1, 0.15) is 53.2 Å². The average molecular weight is 417 g/mol. The largest absolute Gasteiger partial charge is 0.506 e. The van der Waals surface area contributed by atoms with Crippen molar-refractivity contribution in [3.05, 3.63) is 69.2 Å². The van der Waals surface area contributed by atoms with Crippen LogP contribution in [0.2, 0.25) is 10.0 Å². The number of nitrogens with one attached hydrogen (secondary N) is 2. The molecule has 2 aliphatic rings. The number of hydrogen-bond donors (Lipinski definition) is 3. The summed E-state index contributed by atoms with van der Waals surface area (Å²) in [5.74, 6) is 0.386. The van der Waals surface area contributed by atoms with Crippen molar-refractivity contribution in [3.8, 4) is 5.75 Å². The molecule has 0 bridgehead atoms. The molecule has 1 aliphatic heterocycles. The van der Waals surface area contributed by atoms with Crippen LogP contribution in [-0.2, 0) is 0 Å². The monoisotopic (exact) mass is 416 g/mol. The Morgan fingerprint density at radius 3 is 2.86 bits per heavy atom. The van der Waals surface area contributed by atoms with Crippen molar-refractivity contribution in [3.63, 3.8) is 0 Å². The van der Waals surface area contributed by atoms with E-state index in [1.165, 1.54) is 0 Å². The fourth-order valence-electron chi connectivity index (χ4n) is 4.21. The minimum atomic E-state index is -0.122. The van der Waals surface area contributed by atoms with Crippen molar-refractivity contribution < 1.29 is 9.90 Å². The molecule has 0 saturated heterocycles. The summed E-state index contributed by atoms with van der Waals surface area (Å²) in [5.41, 5.74) is 3.43. The summed E-state index contributed by atoms with van der Waals surface area (Å²) >= 11 is 12.4. The number of amides is 1. The quantitative estimate of drug-likeness (QED) is 0.562. The fraction of sp³-hybridized carbons (Fsp3) is 0.318. The number of aromatic hydroxyl groups is 1. The summed E-state index contributed by atoms with van der Waals surface area (Å²) in [6.07, 6.45) is 6.12. The highest BCUT2D eigenvalue weighted by Crippen LogP contribution is 2.52. The van der Waals surface area contributed by atoms with Gasteiger partial charge in [-0.25, -0.2) is 0 Å². The highest BCUT2D eigenvalue weighted by Gasteiger charge is 2.39. The van der Waals surface area contributed by atoms with Gasteiger partial charge in [-0.1, -0.05) is 42.3 Å². The van der Waals surface area contributed by atoms with Gasteiger partial charge in [-0.3, -0.25) is 4.79 Å². The van der Waals surface area contributed by atoms with Crippen molar-refractivity contribution >= 4 is 34.8 Å². The topological polar surface area (TPSA) is 61.4 Å². The average Bonchev–Trinajstić information content (AvgIpc) is 3.18. The number of carbonyl (C=O) groups is 1. The first-order valence-electron chi connectivity index (χ1n) is 9.52. The normalized spacial score (nSPS) is 22.3. The van der Waals surface area contributed by atoms with E-state index < -0.39 is 0 Å². The lowest BCUT2D eigenvalue weighted by Crippen LogP contribution is -2.30. The lowest BCUT2D eigenvalue weighted by atomic mass is 9.76. The van der Waals surface area contributed by atoms with E-state index in [1.807, 2.05) is 25.1 Å². The molecule has 2 aromatic carbocycles. The summed E-state index contributed by atoms with van der Waals surface area (Å²) < 4.78 is 0. The van der Waals surface area contributed by atoms with Crippen LogP contribution in [0.25, 0.3) is 0 Å². The number of halogens is 2. The highest BCUT2D eigenvalue weighted by molar-refractivity contribution is 6.35. The Labute approximate surface area is 174 Å². The van der Waals surface area contributed by atoms with E-state index in [1.54, 1.807) is 12.1 Å². The first-order valence-corrected chi connectivity index (χ1v) is 10.3. The van der Waals surface area contributed by atoms with E-state index >= 15 is 0 Å². The lowest BCUT2D eigenvalue weighted by molar-refractivity contribution is 0.0953. The van der Waals surface area contributed by atoms with Crippen LogP contribution in [0.5, 0.6) is 5.75 Å². The molecule has 6 heteroatoms. The Hall–Kier alpha value is -2.17. The van der Waals surface area contributed by atoms with E-state index in [9.17, 15) is 9.90 Å². The predicted molar refractivity (Wildman–Crippen MR) is 114 cm³/mol. The molecule has 3 atom stereocenters. The maximum absolute atomic E-state index is 12.4. The minimum absolute atomic E-state index is 0.0513. The summed E-state index contributed by atoms with van der Waals surface area (Å²) in [6, 6.07) is 8.94. The van der Waals surface area contributed by atoms with Gasteiger partial charge < -0.3 is 15.7 Å². The highest BCUT2D eigenvalue weighted by atomic mass is 35.5. The number of benzene rings is 2. The molecular formula is C22H22Cl2N2O2. The third kappa shape index (κ3) is 3.36. The lowest BCUT2D eigenvalue weighted by Gasteiger charge is -2.38. The van der Waals surface area contributed by atoms with Crippen molar-refractivity contribution in [1.82, 2.24) is 5.32 Å². The van der Waals surface area contributed by atoms with Gasteiger partial charge in [-0.05, 0) is 54.7 Å². The smallest absolute Gasteiger partial charge is 0.251 e. The van der Waals surface area contributed by atoms with E-state index in [0.29, 0.717) is 22.7 Å². The number of phenols is 1. The number of carbonyl (C=O) groups excluding carboxylic acids is 1. The molecule has 146 valence electrons. The molecule has 3 unspecified atom stereocenters. The molecule has 3 N–H and O–H groups in total. The number of hydrogen-bond acceptors (Lipinski definition) is 3. The maximum atomic E-state index is 12.4. The van der Waals surface area contributed by atoms with Gasteiger partial charge in [0.2, 0.25) is 0 Å². The zero-order valence-corrected chi connectivity index (χ0v) is 17.0. The van der Waals surface area contributed by atoms with Crippen LogP contribution >= 0.6 is 23.2 Å². The molecule has 0 radical (unpaired) electrons. The predicted octanol–water partition coefficient (Wildman–Crippen LogP) is 5.67. The van der Waals surface area contributed by atoms with E-state index in [2.05, 4.69) is 22.8 Å². The molecule has 0 aromatic heterocycles. The molecule has 28 heavy (non-hydrogen) atoms. The molecule has 4 rings (SSSR count). The second-order valence-electron chi connectivity index (χ2n) is 7.36. The first-order chi connectivity index (χ1) is 13.5. The van der Waals surface area contributed by atoms with Crippen molar-refractivity contribution in [1.29, 1.82) is 0 Å². The summed E-state index contributed by atoms with van der Waals surface area (Å²) in [6.45, 7) is 2.69. The van der Waals surface area contributed by atoms with Crippen molar-refractivity contribution in [2.75, 3.05) is 11.9 Å². The second-order valence-corrected chi connectivity index (χ2v) is 8.20. The van der Waals surface area contributed by atoms with Gasteiger partial charge in [0.25, 0.3) is 5.91 Å². The molecule has 2 aromatic rings. The number of rotatable bonds is 4. The van der Waals surface area contributed by atoms with Crippen molar-refractivity contribution in [2.45, 2.75) is 31.7 Å². The van der Waals surface area contributed by atoms with E-state index in [-0.39, 0.29) is 34.6 Å². The molecule has 1 aliphatic carbocycles. The third-order valence-corrected chi connectivity index (χ3v) is 6.06. The Balaban J connectivity index is 1.72. The Bertz CT molecular complexity index is 958. The number of fused-ring (bicyclic) bond motifs is 3. The molecule has 0 spiro atoms. The van der Waals surface area contributed by atoms with Crippen LogP contribution in [0.15, 0.2) is 42.5 Å². The van der Waals surface area contributed by atoms with Gasteiger partial charge in [-0.15, -0.1) is 0 Å². The van der Waals surface area contributed by atoms with Crippen molar-refractivity contribution in [2.24, 2.45) is 5.92 Å². The summed E-state index contributed by atoms with van der Waals surface area (Å²) in [7, 11) is 0. The van der Waals surface area contributed by atoms with Crippen LogP contribution in [0.3, 0.4) is 0 Å². The zero-order chi connectivity index (χ0) is 19.8. The van der Waals surface area contributed by atoms with Crippen LogP contribution < -0.4 is 10.6 Å². The van der Waals surface area contributed by atoms with Gasteiger partial charge >= 0.3 is 0 Å². The minimum Gasteiger partial charge on any atom is -0.506 e. The van der Waals surface area contributed by atoms with Crippen LogP contribution in [0.4, 0.5) is 5.69 Å². The van der Waals surface area contributed by atoms with Gasteiger partial charge in [-0.2, -0.15) is 0 Å². The first kappa shape index (κ1) is 19.2. The molecule has 0 fully saturated rings. The molecule has 0 saturated carbocycles. The van der Waals surface area contributed by atoms with Crippen LogP contribution in [0, 0.1) is 5.92 Å². The maximum Gasteiger partial charge on any atom is 0.251 e. The second kappa shape index (κ2) is 7.69. The Kier molecular flexibility index (Phi) is 5.26. The SMILES string of the molecule is CCCNC(=O)c1ccc2c(c1)C1C=CCC1C(c1cc(Cl)cc(Cl)c1O)N2.